The summed E-state index contributed by atoms with van der Waals surface area (Å²) < 4.78 is 29.1. The van der Waals surface area contributed by atoms with Crippen LogP contribution in [0.3, 0.4) is 0 Å². The maximum Gasteiger partial charge on any atom is 0.242 e. The first-order chi connectivity index (χ1) is 10.3. The molecule has 0 saturated carbocycles. The molecule has 0 bridgehead atoms. The van der Waals surface area contributed by atoms with Crippen LogP contribution in [0.15, 0.2) is 35.6 Å². The van der Waals surface area contributed by atoms with Gasteiger partial charge in [-0.15, -0.1) is 0 Å². The van der Waals surface area contributed by atoms with Crippen molar-refractivity contribution < 1.29 is 8.42 Å². The molecule has 0 radical (unpaired) electrons. The Labute approximate surface area is 140 Å². The van der Waals surface area contributed by atoms with Gasteiger partial charge in [0.05, 0.1) is 23.6 Å². The van der Waals surface area contributed by atoms with E-state index in [1.807, 2.05) is 4.57 Å². The highest BCUT2D eigenvalue weighted by Crippen LogP contribution is 2.24. The molecule has 2 rings (SSSR count). The van der Waals surface area contributed by atoms with Gasteiger partial charge in [0, 0.05) is 17.8 Å². The van der Waals surface area contributed by atoms with Gasteiger partial charge in [0.2, 0.25) is 10.0 Å². The summed E-state index contributed by atoms with van der Waals surface area (Å²) in [6.45, 7) is 5.09. The Bertz CT molecular complexity index is 757. The van der Waals surface area contributed by atoms with Crippen molar-refractivity contribution in [2.45, 2.75) is 31.8 Å². The summed E-state index contributed by atoms with van der Waals surface area (Å²) in [4.78, 5) is 4.07. The number of sulfonamides is 1. The standard InChI is InChI=1S/C14H17Cl2N3O2S/c1-10(2)8-19-9-17-6-12(19)7-18-22(20,21)14-4-3-11(15)5-13(14)16/h3-6,9-10,18H,7-8H2,1-2H3. The van der Waals surface area contributed by atoms with Gasteiger partial charge in [-0.1, -0.05) is 37.0 Å². The predicted molar refractivity (Wildman–Crippen MR) is 87.6 cm³/mol. The van der Waals surface area contributed by atoms with Crippen LogP contribution in [0.4, 0.5) is 0 Å². The summed E-state index contributed by atoms with van der Waals surface area (Å²) in [7, 11) is -3.71. The second-order valence-electron chi connectivity index (χ2n) is 5.33. The van der Waals surface area contributed by atoms with Crippen LogP contribution in [-0.2, 0) is 23.1 Å². The minimum atomic E-state index is -3.71. The molecule has 0 unspecified atom stereocenters. The van der Waals surface area contributed by atoms with E-state index < -0.39 is 10.0 Å². The SMILES string of the molecule is CC(C)Cn1cncc1CNS(=O)(=O)c1ccc(Cl)cc1Cl. The molecule has 8 heteroatoms. The van der Waals surface area contributed by atoms with Crippen molar-refractivity contribution in [1.82, 2.24) is 14.3 Å². The third kappa shape index (κ3) is 4.23. The quantitative estimate of drug-likeness (QED) is 0.857. The van der Waals surface area contributed by atoms with Crippen LogP contribution in [-0.4, -0.2) is 18.0 Å². The van der Waals surface area contributed by atoms with Crippen LogP contribution in [0.1, 0.15) is 19.5 Å². The highest BCUT2D eigenvalue weighted by Gasteiger charge is 2.18. The molecule has 0 amide bonds. The van der Waals surface area contributed by atoms with E-state index in [1.165, 1.54) is 18.2 Å². The molecule has 1 N–H and O–H groups in total. The predicted octanol–water partition coefficient (Wildman–Crippen LogP) is 3.32. The third-order valence-corrected chi connectivity index (χ3v) is 5.11. The van der Waals surface area contributed by atoms with Crippen molar-refractivity contribution in [3.63, 3.8) is 0 Å². The lowest BCUT2D eigenvalue weighted by atomic mass is 10.2. The third-order valence-electron chi connectivity index (χ3n) is 2.99. The van der Waals surface area contributed by atoms with Gasteiger partial charge in [-0.25, -0.2) is 18.1 Å². The molecule has 0 spiro atoms. The van der Waals surface area contributed by atoms with Crippen LogP contribution in [0.2, 0.25) is 10.0 Å². The Morgan fingerprint density at radius 1 is 1.32 bits per heavy atom. The molecule has 0 aliphatic heterocycles. The summed E-state index contributed by atoms with van der Waals surface area (Å²) in [5.74, 6) is 0.440. The van der Waals surface area contributed by atoms with Gasteiger partial charge < -0.3 is 4.57 Å². The fourth-order valence-corrected chi connectivity index (χ4v) is 3.76. The Kier molecular flexibility index (Phi) is 5.50. The summed E-state index contributed by atoms with van der Waals surface area (Å²) in [5.41, 5.74) is 0.794. The van der Waals surface area contributed by atoms with Crippen molar-refractivity contribution in [3.05, 3.63) is 46.5 Å². The van der Waals surface area contributed by atoms with Crippen molar-refractivity contribution >= 4 is 33.2 Å². The second-order valence-corrected chi connectivity index (χ2v) is 7.91. The van der Waals surface area contributed by atoms with Gasteiger partial charge in [0.1, 0.15) is 4.90 Å². The molecule has 5 nitrogen and oxygen atoms in total. The highest BCUT2D eigenvalue weighted by molar-refractivity contribution is 7.89. The molecule has 0 atom stereocenters. The van der Waals surface area contributed by atoms with E-state index in [-0.39, 0.29) is 16.5 Å². The number of rotatable bonds is 6. The lowest BCUT2D eigenvalue weighted by Gasteiger charge is -2.12. The van der Waals surface area contributed by atoms with Gasteiger partial charge in [-0.05, 0) is 24.1 Å². The molecular formula is C14H17Cl2N3O2S. The molecule has 120 valence electrons. The van der Waals surface area contributed by atoms with Crippen molar-refractivity contribution in [3.8, 4) is 0 Å². The zero-order chi connectivity index (χ0) is 16.3. The average Bonchev–Trinajstić information content (AvgIpc) is 2.82. The van der Waals surface area contributed by atoms with E-state index in [2.05, 4.69) is 23.6 Å². The number of aromatic nitrogens is 2. The van der Waals surface area contributed by atoms with Crippen LogP contribution in [0.5, 0.6) is 0 Å². The maximum atomic E-state index is 12.3. The number of imidazole rings is 1. The fraction of sp³-hybridized carbons (Fsp3) is 0.357. The molecule has 0 fully saturated rings. The summed E-state index contributed by atoms with van der Waals surface area (Å²) >= 11 is 11.7. The largest absolute Gasteiger partial charge is 0.333 e. The molecular weight excluding hydrogens is 345 g/mol. The Hall–Kier alpha value is -1.08. The van der Waals surface area contributed by atoms with Crippen LogP contribution in [0.25, 0.3) is 0 Å². The van der Waals surface area contributed by atoms with E-state index in [0.29, 0.717) is 10.9 Å². The van der Waals surface area contributed by atoms with Gasteiger partial charge in [-0.3, -0.25) is 0 Å². The van der Waals surface area contributed by atoms with Crippen LogP contribution < -0.4 is 4.72 Å². The number of nitrogens with zero attached hydrogens (tertiary/aromatic N) is 2. The van der Waals surface area contributed by atoms with E-state index in [4.69, 9.17) is 23.2 Å². The topological polar surface area (TPSA) is 64.0 Å². The van der Waals surface area contributed by atoms with E-state index in [9.17, 15) is 8.42 Å². The minimum absolute atomic E-state index is 0.00786. The van der Waals surface area contributed by atoms with Crippen molar-refractivity contribution in [1.29, 1.82) is 0 Å². The minimum Gasteiger partial charge on any atom is -0.333 e. The van der Waals surface area contributed by atoms with Gasteiger partial charge >= 0.3 is 0 Å². The first-order valence-corrected chi connectivity index (χ1v) is 8.97. The normalized spacial score (nSPS) is 12.0. The Morgan fingerprint density at radius 3 is 2.68 bits per heavy atom. The smallest absolute Gasteiger partial charge is 0.242 e. The summed E-state index contributed by atoms with van der Waals surface area (Å²) in [6, 6.07) is 4.28. The summed E-state index contributed by atoms with van der Waals surface area (Å²) in [6.07, 6.45) is 3.34. The molecule has 1 heterocycles. The van der Waals surface area contributed by atoms with Crippen LogP contribution >= 0.6 is 23.2 Å². The Morgan fingerprint density at radius 2 is 2.05 bits per heavy atom. The zero-order valence-corrected chi connectivity index (χ0v) is 14.6. The Balaban J connectivity index is 2.15. The number of hydrogen-bond acceptors (Lipinski definition) is 3. The highest BCUT2D eigenvalue weighted by atomic mass is 35.5. The maximum absolute atomic E-state index is 12.3. The van der Waals surface area contributed by atoms with Gasteiger partial charge in [-0.2, -0.15) is 0 Å². The van der Waals surface area contributed by atoms with Crippen LogP contribution in [0, 0.1) is 5.92 Å². The number of halogens is 2. The molecule has 1 aromatic carbocycles. The molecule has 1 aromatic heterocycles. The zero-order valence-electron chi connectivity index (χ0n) is 12.3. The van der Waals surface area contributed by atoms with E-state index in [0.717, 1.165) is 12.2 Å². The second kappa shape index (κ2) is 7.00. The molecule has 2 aromatic rings. The van der Waals surface area contributed by atoms with Crippen molar-refractivity contribution in [2.75, 3.05) is 0 Å². The van der Waals surface area contributed by atoms with E-state index in [1.54, 1.807) is 12.5 Å². The number of benzene rings is 1. The molecule has 22 heavy (non-hydrogen) atoms. The number of hydrogen-bond donors (Lipinski definition) is 1. The average molecular weight is 362 g/mol. The lowest BCUT2D eigenvalue weighted by molar-refractivity contribution is 0.506. The fourth-order valence-electron chi connectivity index (χ4n) is 1.99. The molecule has 0 saturated heterocycles. The van der Waals surface area contributed by atoms with Gasteiger partial charge in [0.15, 0.2) is 0 Å². The lowest BCUT2D eigenvalue weighted by Crippen LogP contribution is -2.25. The monoisotopic (exact) mass is 361 g/mol. The van der Waals surface area contributed by atoms with Crippen molar-refractivity contribution in [2.24, 2.45) is 5.92 Å². The van der Waals surface area contributed by atoms with E-state index >= 15 is 0 Å². The first-order valence-electron chi connectivity index (χ1n) is 6.73. The molecule has 0 aliphatic carbocycles. The first kappa shape index (κ1) is 17.3. The summed E-state index contributed by atoms with van der Waals surface area (Å²) in [5, 5.41) is 0.481. The molecule has 0 aliphatic rings. The van der Waals surface area contributed by atoms with Gasteiger partial charge in [0.25, 0.3) is 0 Å². The number of nitrogens with one attached hydrogen (secondary N) is 1.